The van der Waals surface area contributed by atoms with Crippen LogP contribution in [0.2, 0.25) is 0 Å². The van der Waals surface area contributed by atoms with E-state index in [2.05, 4.69) is 45.5 Å². The SMILES string of the molecule is CNC.CNC.O=COCCc1ccc(NCc2cccc(CNc3ccc(CCOC=O)cc3)c2)cc1. The molecule has 3 aromatic carbocycles. The van der Waals surface area contributed by atoms with Gasteiger partial charge in [0, 0.05) is 37.3 Å². The van der Waals surface area contributed by atoms with Crippen LogP contribution >= 0.6 is 0 Å². The minimum absolute atomic E-state index is 0.400. The maximum absolute atomic E-state index is 10.2. The van der Waals surface area contributed by atoms with Crippen LogP contribution in [-0.4, -0.2) is 54.3 Å². The van der Waals surface area contributed by atoms with Gasteiger partial charge in [-0.2, -0.15) is 0 Å². The van der Waals surface area contributed by atoms with Crippen LogP contribution < -0.4 is 21.3 Å². The Labute approximate surface area is 227 Å². The van der Waals surface area contributed by atoms with Gasteiger partial charge in [0.2, 0.25) is 0 Å². The highest BCUT2D eigenvalue weighted by Gasteiger charge is 2.00. The molecule has 3 rings (SSSR count). The highest BCUT2D eigenvalue weighted by Crippen LogP contribution is 2.15. The maximum Gasteiger partial charge on any atom is 0.293 e. The van der Waals surface area contributed by atoms with Crippen molar-refractivity contribution < 1.29 is 19.1 Å². The molecule has 0 aliphatic rings. The molecule has 0 unspecified atom stereocenters. The van der Waals surface area contributed by atoms with Crippen LogP contribution in [0.5, 0.6) is 0 Å². The van der Waals surface area contributed by atoms with Gasteiger partial charge < -0.3 is 30.7 Å². The average molecular weight is 523 g/mol. The molecule has 8 heteroatoms. The first-order valence-electron chi connectivity index (χ1n) is 12.6. The molecule has 0 bridgehead atoms. The summed E-state index contributed by atoms with van der Waals surface area (Å²) in [4.78, 5) is 20.4. The predicted octanol–water partition coefficient (Wildman–Crippen LogP) is 4.01. The smallest absolute Gasteiger partial charge is 0.293 e. The molecule has 4 N–H and O–H groups in total. The van der Waals surface area contributed by atoms with Crippen molar-refractivity contribution in [2.75, 3.05) is 52.0 Å². The van der Waals surface area contributed by atoms with Crippen LogP contribution in [0, 0.1) is 0 Å². The van der Waals surface area contributed by atoms with Gasteiger partial charge in [-0.25, -0.2) is 0 Å². The summed E-state index contributed by atoms with van der Waals surface area (Å²) in [5, 5.41) is 12.4. The summed E-state index contributed by atoms with van der Waals surface area (Å²) < 4.78 is 9.48. The molecule has 0 atom stereocenters. The van der Waals surface area contributed by atoms with Crippen LogP contribution in [0.25, 0.3) is 0 Å². The Morgan fingerprint density at radius 3 is 1.29 bits per heavy atom. The van der Waals surface area contributed by atoms with Crippen LogP contribution in [0.1, 0.15) is 22.3 Å². The summed E-state index contributed by atoms with van der Waals surface area (Å²) in [6, 6.07) is 24.8. The molecule has 38 heavy (non-hydrogen) atoms. The van der Waals surface area contributed by atoms with E-state index in [1.807, 2.05) is 76.7 Å². The number of ether oxygens (including phenoxy) is 2. The number of carbonyl (C=O) groups is 2. The maximum atomic E-state index is 10.2. The van der Waals surface area contributed by atoms with E-state index >= 15 is 0 Å². The van der Waals surface area contributed by atoms with E-state index in [4.69, 9.17) is 9.47 Å². The van der Waals surface area contributed by atoms with Crippen LogP contribution in [-0.2, 0) is 45.0 Å². The molecule has 0 saturated carbocycles. The number of carbonyl (C=O) groups excluding carboxylic acids is 2. The standard InChI is InChI=1S/C26H28N2O4.2C2H7N/c29-19-31-14-12-21-4-8-25(9-5-21)27-17-23-2-1-3-24(16-23)18-28-26-10-6-22(7-11-26)13-15-32-20-30;2*1-3-2/h1-11,16,19-20,27-28H,12-15,17-18H2;2*3H,1-2H3. The summed E-state index contributed by atoms with van der Waals surface area (Å²) >= 11 is 0. The summed E-state index contributed by atoms with van der Waals surface area (Å²) in [5.41, 5.74) is 6.77. The van der Waals surface area contributed by atoms with E-state index in [9.17, 15) is 9.59 Å². The van der Waals surface area contributed by atoms with E-state index in [0.29, 0.717) is 39.0 Å². The van der Waals surface area contributed by atoms with Gasteiger partial charge in [-0.1, -0.05) is 48.5 Å². The van der Waals surface area contributed by atoms with Crippen LogP contribution in [0.4, 0.5) is 11.4 Å². The molecular weight excluding hydrogens is 480 g/mol. The van der Waals surface area contributed by atoms with Gasteiger partial charge in [0.15, 0.2) is 0 Å². The zero-order valence-electron chi connectivity index (χ0n) is 23.0. The number of hydrogen-bond donors (Lipinski definition) is 4. The molecule has 8 nitrogen and oxygen atoms in total. The van der Waals surface area contributed by atoms with Crippen molar-refractivity contribution in [2.24, 2.45) is 0 Å². The Bertz CT molecular complexity index is 933. The molecule has 0 heterocycles. The van der Waals surface area contributed by atoms with Gasteiger partial charge in [0.1, 0.15) is 0 Å². The quantitative estimate of drug-likeness (QED) is 0.186. The first-order chi connectivity index (χ1) is 18.6. The number of anilines is 2. The number of nitrogens with one attached hydrogen (secondary N) is 4. The van der Waals surface area contributed by atoms with E-state index in [1.54, 1.807) is 0 Å². The van der Waals surface area contributed by atoms with Crippen molar-refractivity contribution in [2.45, 2.75) is 25.9 Å². The molecule has 0 amide bonds. The summed E-state index contributed by atoms with van der Waals surface area (Å²) in [5.74, 6) is 0. The van der Waals surface area contributed by atoms with Gasteiger partial charge in [0.25, 0.3) is 12.9 Å². The van der Waals surface area contributed by atoms with Crippen molar-refractivity contribution >= 4 is 24.3 Å². The summed E-state index contributed by atoms with van der Waals surface area (Å²) in [6.45, 7) is 3.23. The minimum atomic E-state index is 0.400. The zero-order valence-corrected chi connectivity index (χ0v) is 23.0. The second-order valence-corrected chi connectivity index (χ2v) is 8.35. The van der Waals surface area contributed by atoms with Crippen molar-refractivity contribution in [1.29, 1.82) is 0 Å². The molecule has 0 aliphatic carbocycles. The fraction of sp³-hybridized carbons (Fsp3) is 0.333. The predicted molar refractivity (Wildman–Crippen MR) is 155 cm³/mol. The normalized spacial score (nSPS) is 9.58. The fourth-order valence-corrected chi connectivity index (χ4v) is 3.29. The molecule has 0 spiro atoms. The molecule has 0 radical (unpaired) electrons. The van der Waals surface area contributed by atoms with Gasteiger partial charge in [-0.3, -0.25) is 9.59 Å². The van der Waals surface area contributed by atoms with Gasteiger partial charge in [0.05, 0.1) is 13.2 Å². The van der Waals surface area contributed by atoms with Crippen LogP contribution in [0.3, 0.4) is 0 Å². The number of rotatable bonds is 14. The highest BCUT2D eigenvalue weighted by molar-refractivity contribution is 5.47. The lowest BCUT2D eigenvalue weighted by molar-refractivity contribution is -0.129. The minimum Gasteiger partial charge on any atom is -0.468 e. The van der Waals surface area contributed by atoms with E-state index in [1.165, 1.54) is 11.1 Å². The van der Waals surface area contributed by atoms with Gasteiger partial charge >= 0.3 is 0 Å². The first-order valence-corrected chi connectivity index (χ1v) is 12.6. The van der Waals surface area contributed by atoms with Crippen LogP contribution in [0.15, 0.2) is 72.8 Å². The monoisotopic (exact) mass is 522 g/mol. The Balaban J connectivity index is 0.00000110. The Morgan fingerprint density at radius 2 is 0.947 bits per heavy atom. The summed E-state index contributed by atoms with van der Waals surface area (Å²) in [7, 11) is 7.50. The fourth-order valence-electron chi connectivity index (χ4n) is 3.29. The third kappa shape index (κ3) is 14.6. The third-order valence-corrected chi connectivity index (χ3v) is 5.05. The molecule has 0 saturated heterocycles. The average Bonchev–Trinajstić information content (AvgIpc) is 2.94. The molecule has 0 fully saturated rings. The topological polar surface area (TPSA) is 101 Å². The lowest BCUT2D eigenvalue weighted by atomic mass is 10.1. The van der Waals surface area contributed by atoms with Crippen molar-refractivity contribution in [3.63, 3.8) is 0 Å². The largest absolute Gasteiger partial charge is 0.468 e. The molecule has 0 aromatic heterocycles. The summed E-state index contributed by atoms with van der Waals surface area (Å²) in [6.07, 6.45) is 1.43. The Morgan fingerprint density at radius 1 is 0.579 bits per heavy atom. The van der Waals surface area contributed by atoms with Crippen molar-refractivity contribution in [3.05, 3.63) is 95.1 Å². The molecule has 206 valence electrons. The highest BCUT2D eigenvalue weighted by atomic mass is 16.5. The second-order valence-electron chi connectivity index (χ2n) is 8.35. The van der Waals surface area contributed by atoms with E-state index < -0.39 is 0 Å². The molecule has 3 aromatic rings. The second kappa shape index (κ2) is 21.2. The van der Waals surface area contributed by atoms with E-state index in [0.717, 1.165) is 35.6 Å². The number of hydrogen-bond acceptors (Lipinski definition) is 8. The lowest BCUT2D eigenvalue weighted by Crippen LogP contribution is -2.03. The molecular formula is C30H42N4O4. The third-order valence-electron chi connectivity index (χ3n) is 5.05. The van der Waals surface area contributed by atoms with Gasteiger partial charge in [-0.05, 0) is 74.7 Å². The van der Waals surface area contributed by atoms with Gasteiger partial charge in [-0.15, -0.1) is 0 Å². The Kier molecular flexibility index (Phi) is 18.0. The first kappa shape index (κ1) is 32.1. The number of benzene rings is 3. The zero-order chi connectivity index (χ0) is 27.8. The molecule has 0 aliphatic heterocycles. The van der Waals surface area contributed by atoms with Crippen molar-refractivity contribution in [1.82, 2.24) is 10.6 Å². The van der Waals surface area contributed by atoms with E-state index in [-0.39, 0.29) is 0 Å². The van der Waals surface area contributed by atoms with Crippen molar-refractivity contribution in [3.8, 4) is 0 Å². The lowest BCUT2D eigenvalue weighted by Gasteiger charge is -2.11. The Hall–Kier alpha value is -3.88.